The van der Waals surface area contributed by atoms with Gasteiger partial charge in [0.2, 0.25) is 0 Å². The maximum atomic E-state index is 12.9. The number of pyridine rings is 1. The van der Waals surface area contributed by atoms with E-state index in [1.54, 1.807) is 6.20 Å². The summed E-state index contributed by atoms with van der Waals surface area (Å²) >= 11 is 7.81. The molecule has 1 unspecified atom stereocenters. The van der Waals surface area contributed by atoms with Crippen LogP contribution in [0.5, 0.6) is 0 Å². The Labute approximate surface area is 185 Å². The van der Waals surface area contributed by atoms with Crippen molar-refractivity contribution in [2.75, 3.05) is 29.9 Å². The minimum absolute atomic E-state index is 0.0307. The number of urea groups is 1. The van der Waals surface area contributed by atoms with E-state index < -0.39 is 0 Å². The van der Waals surface area contributed by atoms with Gasteiger partial charge in [0.1, 0.15) is 5.82 Å². The van der Waals surface area contributed by atoms with Crippen LogP contribution in [-0.2, 0) is 0 Å². The smallest absolute Gasteiger partial charge is 0.324 e. The van der Waals surface area contributed by atoms with Gasteiger partial charge in [-0.15, -0.1) is 0 Å². The van der Waals surface area contributed by atoms with Gasteiger partial charge < -0.3 is 9.80 Å². The number of aromatic nitrogens is 2. The summed E-state index contributed by atoms with van der Waals surface area (Å²) in [6.07, 6.45) is 2.84. The first-order chi connectivity index (χ1) is 14.5. The molecule has 1 aliphatic heterocycles. The molecule has 0 radical (unpaired) electrons. The van der Waals surface area contributed by atoms with Crippen molar-refractivity contribution in [2.24, 2.45) is 0 Å². The van der Waals surface area contributed by atoms with Gasteiger partial charge in [0.05, 0.1) is 15.2 Å². The molecule has 1 saturated heterocycles. The zero-order valence-electron chi connectivity index (χ0n) is 17.4. The fourth-order valence-electron chi connectivity index (χ4n) is 3.76. The first-order valence-electron chi connectivity index (χ1n) is 10.3. The number of nitrogens with one attached hydrogen (secondary N) is 1. The highest BCUT2D eigenvalue weighted by atomic mass is 35.5. The Morgan fingerprint density at radius 2 is 2.20 bits per heavy atom. The standard InChI is InChI=1S/C22H26ClN5OS/c1-4-14(2)16-7-8-18-19(12-16)30-21(25-18)26-22(29)28-11-10-27(13-15(28)3)20-17(23)6-5-9-24-20/h5-9,12,14-15H,4,10-11,13H2,1-3H3,(H,25,26,29)/t14?,15-/m1/s1. The molecule has 3 aromatic rings. The summed E-state index contributed by atoms with van der Waals surface area (Å²) in [6, 6.07) is 9.94. The average molecular weight is 444 g/mol. The van der Waals surface area contributed by atoms with E-state index in [2.05, 4.69) is 46.2 Å². The average Bonchev–Trinajstić information content (AvgIpc) is 3.14. The molecule has 30 heavy (non-hydrogen) atoms. The van der Waals surface area contributed by atoms with Crippen LogP contribution in [-0.4, -0.2) is 46.6 Å². The minimum Gasteiger partial charge on any atom is -0.352 e. The number of nitrogens with zero attached hydrogens (tertiary/aromatic N) is 4. The lowest BCUT2D eigenvalue weighted by Crippen LogP contribution is -2.55. The van der Waals surface area contributed by atoms with Gasteiger partial charge in [0, 0.05) is 31.9 Å². The Kier molecular flexibility index (Phi) is 6.11. The van der Waals surface area contributed by atoms with Crippen LogP contribution in [0.15, 0.2) is 36.5 Å². The number of hydrogen-bond acceptors (Lipinski definition) is 5. The fraction of sp³-hybridized carbons (Fsp3) is 0.409. The van der Waals surface area contributed by atoms with Gasteiger partial charge in [-0.05, 0) is 49.1 Å². The minimum atomic E-state index is -0.115. The van der Waals surface area contributed by atoms with E-state index in [1.807, 2.05) is 30.0 Å². The predicted octanol–water partition coefficient (Wildman–Crippen LogP) is 5.60. The molecule has 0 bridgehead atoms. The molecule has 6 nitrogen and oxygen atoms in total. The number of anilines is 2. The number of carbonyl (C=O) groups excluding carboxylic acids is 1. The van der Waals surface area contributed by atoms with E-state index in [0.29, 0.717) is 35.7 Å². The van der Waals surface area contributed by atoms with Crippen LogP contribution < -0.4 is 10.2 Å². The first kappa shape index (κ1) is 20.9. The molecule has 158 valence electrons. The SMILES string of the molecule is CCC(C)c1ccc2nc(NC(=O)N3CCN(c4ncccc4Cl)C[C@H]3C)sc2c1. The monoisotopic (exact) mass is 443 g/mol. The second-order valence-electron chi connectivity index (χ2n) is 7.78. The number of carbonyl (C=O) groups is 1. The van der Waals surface area contributed by atoms with Gasteiger partial charge in [-0.2, -0.15) is 0 Å². The number of amides is 2. The van der Waals surface area contributed by atoms with E-state index in [-0.39, 0.29) is 12.1 Å². The van der Waals surface area contributed by atoms with Crippen LogP contribution in [0.1, 0.15) is 38.7 Å². The molecule has 1 N–H and O–H groups in total. The van der Waals surface area contributed by atoms with Crippen molar-refractivity contribution < 1.29 is 4.79 Å². The lowest BCUT2D eigenvalue weighted by atomic mass is 9.99. The Morgan fingerprint density at radius 1 is 1.37 bits per heavy atom. The summed E-state index contributed by atoms with van der Waals surface area (Å²) in [7, 11) is 0. The Bertz CT molecular complexity index is 1050. The molecule has 2 aromatic heterocycles. The molecular formula is C22H26ClN5OS. The van der Waals surface area contributed by atoms with Crippen molar-refractivity contribution in [1.82, 2.24) is 14.9 Å². The van der Waals surface area contributed by atoms with Gasteiger partial charge >= 0.3 is 6.03 Å². The first-order valence-corrected chi connectivity index (χ1v) is 11.5. The van der Waals surface area contributed by atoms with Gasteiger partial charge in [-0.25, -0.2) is 14.8 Å². The molecule has 0 aliphatic carbocycles. The van der Waals surface area contributed by atoms with Crippen molar-refractivity contribution in [2.45, 2.75) is 39.2 Å². The summed E-state index contributed by atoms with van der Waals surface area (Å²) in [5.41, 5.74) is 2.23. The molecule has 8 heteroatoms. The van der Waals surface area contributed by atoms with Crippen LogP contribution in [0, 0.1) is 0 Å². The number of thiazole rings is 1. The largest absolute Gasteiger partial charge is 0.352 e. The number of piperazine rings is 1. The van der Waals surface area contributed by atoms with Crippen LogP contribution in [0.4, 0.5) is 15.7 Å². The van der Waals surface area contributed by atoms with Gasteiger partial charge in [-0.3, -0.25) is 5.32 Å². The lowest BCUT2D eigenvalue weighted by molar-refractivity contribution is 0.184. The number of hydrogen-bond donors (Lipinski definition) is 1. The van der Waals surface area contributed by atoms with Crippen molar-refractivity contribution in [1.29, 1.82) is 0 Å². The summed E-state index contributed by atoms with van der Waals surface area (Å²) in [5.74, 6) is 1.29. The third-order valence-electron chi connectivity index (χ3n) is 5.73. The topological polar surface area (TPSA) is 61.4 Å². The van der Waals surface area contributed by atoms with E-state index in [9.17, 15) is 4.79 Å². The fourth-order valence-corrected chi connectivity index (χ4v) is 4.91. The number of benzene rings is 1. The van der Waals surface area contributed by atoms with Crippen molar-refractivity contribution in [3.8, 4) is 0 Å². The van der Waals surface area contributed by atoms with Crippen LogP contribution in [0.2, 0.25) is 5.02 Å². The van der Waals surface area contributed by atoms with Crippen molar-refractivity contribution in [3.63, 3.8) is 0 Å². The maximum Gasteiger partial charge on any atom is 0.324 e. The van der Waals surface area contributed by atoms with Crippen molar-refractivity contribution >= 4 is 50.1 Å². The second-order valence-corrected chi connectivity index (χ2v) is 9.22. The lowest BCUT2D eigenvalue weighted by Gasteiger charge is -2.40. The molecule has 2 amide bonds. The number of fused-ring (bicyclic) bond motifs is 1. The predicted molar refractivity (Wildman–Crippen MR) is 125 cm³/mol. The molecule has 1 aromatic carbocycles. The molecule has 0 saturated carbocycles. The third-order valence-corrected chi connectivity index (χ3v) is 6.96. The van der Waals surface area contributed by atoms with E-state index >= 15 is 0 Å². The molecule has 4 rings (SSSR count). The Hall–Kier alpha value is -2.38. The van der Waals surface area contributed by atoms with E-state index in [0.717, 1.165) is 22.5 Å². The van der Waals surface area contributed by atoms with Crippen molar-refractivity contribution in [3.05, 3.63) is 47.1 Å². The van der Waals surface area contributed by atoms with Gasteiger partial charge in [-0.1, -0.05) is 42.9 Å². The summed E-state index contributed by atoms with van der Waals surface area (Å²) < 4.78 is 1.10. The van der Waals surface area contributed by atoms with E-state index in [1.165, 1.54) is 16.9 Å². The van der Waals surface area contributed by atoms with Gasteiger partial charge in [0.25, 0.3) is 0 Å². The molecule has 0 spiro atoms. The molecule has 1 aliphatic rings. The summed E-state index contributed by atoms with van der Waals surface area (Å²) in [5, 5.41) is 4.27. The second kappa shape index (κ2) is 8.78. The quantitative estimate of drug-likeness (QED) is 0.570. The van der Waals surface area contributed by atoms with Crippen LogP contribution >= 0.6 is 22.9 Å². The molecule has 3 heterocycles. The Morgan fingerprint density at radius 3 is 2.93 bits per heavy atom. The zero-order chi connectivity index (χ0) is 21.3. The summed E-state index contributed by atoms with van der Waals surface area (Å²) in [6.45, 7) is 8.43. The van der Waals surface area contributed by atoms with Gasteiger partial charge in [0.15, 0.2) is 5.13 Å². The highest BCUT2D eigenvalue weighted by Gasteiger charge is 2.29. The number of halogens is 1. The van der Waals surface area contributed by atoms with Crippen LogP contribution in [0.3, 0.4) is 0 Å². The third kappa shape index (κ3) is 4.23. The summed E-state index contributed by atoms with van der Waals surface area (Å²) in [4.78, 5) is 25.9. The molecular weight excluding hydrogens is 418 g/mol. The maximum absolute atomic E-state index is 12.9. The molecule has 2 atom stereocenters. The highest BCUT2D eigenvalue weighted by Crippen LogP contribution is 2.30. The zero-order valence-corrected chi connectivity index (χ0v) is 19.0. The molecule has 1 fully saturated rings. The Balaban J connectivity index is 1.43. The highest BCUT2D eigenvalue weighted by molar-refractivity contribution is 7.22. The van der Waals surface area contributed by atoms with E-state index in [4.69, 9.17) is 11.6 Å². The van der Waals surface area contributed by atoms with Crippen LogP contribution in [0.25, 0.3) is 10.2 Å². The normalized spacial score (nSPS) is 17.9. The number of rotatable bonds is 4.